The number of carbonyl (C=O) groups excluding carboxylic acids is 2. The van der Waals surface area contributed by atoms with Crippen LogP contribution in [0.2, 0.25) is 0 Å². The molecule has 5 rings (SSSR count). The maximum Gasteiger partial charge on any atom is 0.416 e. The Morgan fingerprint density at radius 1 is 1.07 bits per heavy atom. The molecule has 210 valence electrons. The summed E-state index contributed by atoms with van der Waals surface area (Å²) in [5.41, 5.74) is 3.67. The van der Waals surface area contributed by atoms with Gasteiger partial charge in [-0.25, -0.2) is 14.2 Å². The summed E-state index contributed by atoms with van der Waals surface area (Å²) in [7, 11) is 0. The smallest absolute Gasteiger partial charge is 0.416 e. The first kappa shape index (κ1) is 27.5. The molecule has 1 saturated heterocycles. The van der Waals surface area contributed by atoms with Gasteiger partial charge in [-0.1, -0.05) is 36.4 Å². The molecule has 11 heteroatoms. The van der Waals surface area contributed by atoms with E-state index in [9.17, 15) is 14.0 Å². The Kier molecular flexibility index (Phi) is 8.33. The third-order valence-electron chi connectivity index (χ3n) is 6.59. The minimum Gasteiger partial charge on any atom is -0.482 e. The minimum atomic E-state index is -1.27. The van der Waals surface area contributed by atoms with Gasteiger partial charge in [-0.15, -0.1) is 0 Å². The highest BCUT2D eigenvalue weighted by Gasteiger charge is 2.39. The molecular formula is C30H29FN6O4. The average Bonchev–Trinajstić information content (AvgIpc) is 3.39. The van der Waals surface area contributed by atoms with Crippen molar-refractivity contribution in [2.45, 2.75) is 32.1 Å². The number of hydrogen-bond acceptors (Lipinski definition) is 8. The van der Waals surface area contributed by atoms with Crippen molar-refractivity contribution < 1.29 is 23.5 Å². The van der Waals surface area contributed by atoms with Gasteiger partial charge in [-0.3, -0.25) is 14.7 Å². The lowest BCUT2D eigenvalue weighted by Gasteiger charge is -2.22. The predicted octanol–water partition coefficient (Wildman–Crippen LogP) is 5.41. The Balaban J connectivity index is 1.18. The summed E-state index contributed by atoms with van der Waals surface area (Å²) in [5.74, 6) is 0.858. The highest BCUT2D eigenvalue weighted by Crippen LogP contribution is 2.27. The van der Waals surface area contributed by atoms with Crippen LogP contribution in [0.3, 0.4) is 0 Å². The molecule has 1 aliphatic rings. The van der Waals surface area contributed by atoms with Gasteiger partial charge < -0.3 is 20.1 Å². The van der Waals surface area contributed by atoms with Crippen LogP contribution < -0.4 is 20.3 Å². The average molecular weight is 557 g/mol. The fourth-order valence-corrected chi connectivity index (χ4v) is 4.36. The first-order chi connectivity index (χ1) is 19.9. The van der Waals surface area contributed by atoms with Crippen molar-refractivity contribution in [1.29, 1.82) is 0 Å². The summed E-state index contributed by atoms with van der Waals surface area (Å²) in [6, 6.07) is 19.7. The number of benzene rings is 2. The van der Waals surface area contributed by atoms with Gasteiger partial charge in [0.05, 0.1) is 12.2 Å². The lowest BCUT2D eigenvalue weighted by molar-refractivity contribution is -0.118. The number of alkyl halides is 1. The molecule has 3 atom stereocenters. The number of nitrogens with zero attached hydrogens (tertiary/aromatic N) is 4. The number of anilines is 3. The number of aromatic nitrogens is 3. The van der Waals surface area contributed by atoms with Crippen LogP contribution >= 0.6 is 0 Å². The van der Waals surface area contributed by atoms with E-state index < -0.39 is 18.3 Å². The van der Waals surface area contributed by atoms with E-state index in [2.05, 4.69) is 25.6 Å². The molecule has 0 spiro atoms. The molecule has 0 saturated carbocycles. The number of nitrogens with one attached hydrogen (secondary N) is 2. The second-order valence-electron chi connectivity index (χ2n) is 9.52. The molecule has 0 aliphatic carbocycles. The van der Waals surface area contributed by atoms with E-state index in [1.807, 2.05) is 55.5 Å². The molecule has 0 radical (unpaired) electrons. The van der Waals surface area contributed by atoms with Crippen molar-refractivity contribution in [3.8, 4) is 16.9 Å². The number of rotatable bonds is 10. The molecular weight excluding hydrogens is 527 g/mol. The Bertz CT molecular complexity index is 1490. The van der Waals surface area contributed by atoms with Crippen molar-refractivity contribution in [3.05, 3.63) is 90.9 Å². The third kappa shape index (κ3) is 6.75. The van der Waals surface area contributed by atoms with Crippen LogP contribution in [0.4, 0.5) is 26.6 Å². The van der Waals surface area contributed by atoms with E-state index in [1.54, 1.807) is 30.6 Å². The summed E-state index contributed by atoms with van der Waals surface area (Å²) >= 11 is 0. The Morgan fingerprint density at radius 3 is 2.49 bits per heavy atom. The summed E-state index contributed by atoms with van der Waals surface area (Å²) in [6.07, 6.45) is 2.81. The lowest BCUT2D eigenvalue weighted by Crippen LogP contribution is -2.39. The first-order valence-corrected chi connectivity index (χ1v) is 13.1. The molecule has 0 unspecified atom stereocenters. The van der Waals surface area contributed by atoms with Crippen molar-refractivity contribution in [3.63, 3.8) is 0 Å². The number of carbonyl (C=O) groups is 2. The van der Waals surface area contributed by atoms with E-state index in [0.29, 0.717) is 17.4 Å². The molecule has 2 aromatic heterocycles. The number of pyridine rings is 1. The predicted molar refractivity (Wildman–Crippen MR) is 152 cm³/mol. The largest absolute Gasteiger partial charge is 0.482 e. The lowest BCUT2D eigenvalue weighted by atomic mass is 10.0. The fourth-order valence-electron chi connectivity index (χ4n) is 4.36. The SMILES string of the molecule is C[C@H](Nc1nccc(N2C(=O)OC[C@@H]2[C@H](C)F)n1)c1ccc(-c2ccc(NC(=O)COc3cccnc3)cc2)cc1. The number of ether oxygens (including phenoxy) is 2. The highest BCUT2D eigenvalue weighted by atomic mass is 19.1. The molecule has 41 heavy (non-hydrogen) atoms. The second kappa shape index (κ2) is 12.4. The zero-order valence-corrected chi connectivity index (χ0v) is 22.5. The van der Waals surface area contributed by atoms with Crippen LogP contribution in [0.15, 0.2) is 85.3 Å². The van der Waals surface area contributed by atoms with Gasteiger partial charge in [0, 0.05) is 18.1 Å². The summed E-state index contributed by atoms with van der Waals surface area (Å²) < 4.78 is 24.4. The summed E-state index contributed by atoms with van der Waals surface area (Å²) in [4.78, 5) is 38.2. The van der Waals surface area contributed by atoms with Crippen LogP contribution in [-0.2, 0) is 9.53 Å². The zero-order chi connectivity index (χ0) is 28.8. The first-order valence-electron chi connectivity index (χ1n) is 13.1. The van der Waals surface area contributed by atoms with Crippen LogP contribution in [0.25, 0.3) is 11.1 Å². The summed E-state index contributed by atoms with van der Waals surface area (Å²) in [5, 5.41) is 6.06. The molecule has 10 nitrogen and oxygen atoms in total. The number of halogens is 1. The topological polar surface area (TPSA) is 119 Å². The molecule has 2 amide bonds. The van der Waals surface area contributed by atoms with Gasteiger partial charge in [0.25, 0.3) is 5.91 Å². The highest BCUT2D eigenvalue weighted by molar-refractivity contribution is 5.92. The minimum absolute atomic E-state index is 0.0226. The molecule has 4 aromatic rings. The van der Waals surface area contributed by atoms with E-state index in [0.717, 1.165) is 16.7 Å². The maximum atomic E-state index is 14.0. The Morgan fingerprint density at radius 2 is 1.80 bits per heavy atom. The summed E-state index contributed by atoms with van der Waals surface area (Å²) in [6.45, 7) is 3.22. The number of amides is 2. The van der Waals surface area contributed by atoms with Gasteiger partial charge in [0.1, 0.15) is 30.4 Å². The van der Waals surface area contributed by atoms with Crippen LogP contribution in [-0.4, -0.2) is 52.4 Å². The molecule has 1 aliphatic heterocycles. The van der Waals surface area contributed by atoms with Gasteiger partial charge in [-0.05, 0) is 60.9 Å². The monoisotopic (exact) mass is 556 g/mol. The number of cyclic esters (lactones) is 1. The normalized spacial score (nSPS) is 16.0. The molecule has 2 N–H and O–H groups in total. The van der Waals surface area contributed by atoms with Crippen LogP contribution in [0, 0.1) is 0 Å². The standard InChI is InChI=1S/C30H29FN6O4/c1-19(31)26-17-41-30(39)37(26)27-13-15-33-29(36-27)34-20(2)21-5-7-22(8-6-21)23-9-11-24(12-10-23)35-28(38)18-40-25-4-3-14-32-16-25/h3-16,19-20,26H,17-18H2,1-2H3,(H,35,38)(H,33,34,36)/t19-,20-,26+/m0/s1. The maximum absolute atomic E-state index is 14.0. The van der Waals surface area contributed by atoms with Gasteiger partial charge in [-0.2, -0.15) is 4.98 Å². The molecule has 2 aromatic carbocycles. The molecule has 0 bridgehead atoms. The van der Waals surface area contributed by atoms with E-state index in [1.165, 1.54) is 18.0 Å². The van der Waals surface area contributed by atoms with E-state index in [4.69, 9.17) is 9.47 Å². The Labute approximate surface area is 236 Å². The second-order valence-corrected chi connectivity index (χ2v) is 9.52. The third-order valence-corrected chi connectivity index (χ3v) is 6.59. The quantitative estimate of drug-likeness (QED) is 0.266. The van der Waals surface area contributed by atoms with Gasteiger partial charge in [0.15, 0.2) is 6.61 Å². The zero-order valence-electron chi connectivity index (χ0n) is 22.5. The van der Waals surface area contributed by atoms with Crippen molar-refractivity contribution in [1.82, 2.24) is 15.0 Å². The number of hydrogen-bond donors (Lipinski definition) is 2. The van der Waals surface area contributed by atoms with Gasteiger partial charge in [0.2, 0.25) is 5.95 Å². The van der Waals surface area contributed by atoms with Gasteiger partial charge >= 0.3 is 6.09 Å². The van der Waals surface area contributed by atoms with E-state index in [-0.39, 0.29) is 31.0 Å². The Hall–Kier alpha value is -5.06. The fraction of sp³-hybridized carbons (Fsp3) is 0.233. The molecule has 3 heterocycles. The van der Waals surface area contributed by atoms with Crippen LogP contribution in [0.1, 0.15) is 25.5 Å². The van der Waals surface area contributed by atoms with Crippen LogP contribution in [0.5, 0.6) is 5.75 Å². The van der Waals surface area contributed by atoms with Crippen molar-refractivity contribution in [2.75, 3.05) is 28.7 Å². The van der Waals surface area contributed by atoms with Crippen molar-refractivity contribution >= 4 is 29.5 Å². The van der Waals surface area contributed by atoms with Crippen molar-refractivity contribution in [2.24, 2.45) is 0 Å². The molecule has 1 fully saturated rings. The van der Waals surface area contributed by atoms with E-state index >= 15 is 0 Å².